The highest BCUT2D eigenvalue weighted by atomic mass is 127. The van der Waals surface area contributed by atoms with E-state index < -0.39 is 0 Å². The maximum absolute atomic E-state index is 12.9. The Balaban J connectivity index is 0.00000364. The zero-order valence-corrected chi connectivity index (χ0v) is 18.1. The maximum atomic E-state index is 12.9. The van der Waals surface area contributed by atoms with Crippen LogP contribution in [0.5, 0.6) is 11.6 Å². The molecule has 2 rings (SSSR count). The molecule has 0 fully saturated rings. The molecule has 1 heterocycles. The van der Waals surface area contributed by atoms with Gasteiger partial charge in [-0.2, -0.15) is 0 Å². The van der Waals surface area contributed by atoms with Crippen LogP contribution in [0.4, 0.5) is 4.39 Å². The minimum atomic E-state index is -0.282. The third-order valence-electron chi connectivity index (χ3n) is 3.44. The lowest BCUT2D eigenvalue weighted by Gasteiger charge is -2.17. The second kappa shape index (κ2) is 12.3. The van der Waals surface area contributed by atoms with Crippen LogP contribution in [0.25, 0.3) is 0 Å². The van der Waals surface area contributed by atoms with E-state index in [1.165, 1.54) is 12.1 Å². The Hall–Kier alpha value is -2.10. The molecule has 0 aliphatic rings. The molecule has 1 aromatic heterocycles. The van der Waals surface area contributed by atoms with Crippen LogP contribution in [0.2, 0.25) is 0 Å². The van der Waals surface area contributed by atoms with Crippen molar-refractivity contribution in [2.45, 2.75) is 26.5 Å². The summed E-state index contributed by atoms with van der Waals surface area (Å²) in [6.07, 6.45) is -0.112. The maximum Gasteiger partial charge on any atom is 0.213 e. The standard InChI is InChI=1S/C19H25FN4O2.HI/c1-4-21-19(23-13-16-6-5-7-18(24-16)25-3)22-12-14(2)26-17-10-8-15(20)9-11-17;/h5-11,14H,4,12-13H2,1-3H3,(H2,21,22,23);1H. The highest BCUT2D eigenvalue weighted by molar-refractivity contribution is 14.0. The number of pyridine rings is 1. The SMILES string of the molecule is CCNC(=NCc1cccc(OC)n1)NCC(C)Oc1ccc(F)cc1.I. The number of nitrogens with zero attached hydrogens (tertiary/aromatic N) is 2. The summed E-state index contributed by atoms with van der Waals surface area (Å²) >= 11 is 0. The van der Waals surface area contributed by atoms with Crippen molar-refractivity contribution in [3.63, 3.8) is 0 Å². The molecule has 8 heteroatoms. The summed E-state index contributed by atoms with van der Waals surface area (Å²) in [5.74, 6) is 1.59. The van der Waals surface area contributed by atoms with Gasteiger partial charge in [0.05, 0.1) is 25.9 Å². The van der Waals surface area contributed by atoms with Crippen molar-refractivity contribution in [3.8, 4) is 11.6 Å². The summed E-state index contributed by atoms with van der Waals surface area (Å²) in [5, 5.41) is 6.41. The molecule has 148 valence electrons. The Kier molecular flexibility index (Phi) is 10.5. The van der Waals surface area contributed by atoms with Gasteiger partial charge in [0.2, 0.25) is 5.88 Å². The van der Waals surface area contributed by atoms with Gasteiger partial charge in [-0.3, -0.25) is 0 Å². The van der Waals surface area contributed by atoms with Crippen molar-refractivity contribution < 1.29 is 13.9 Å². The number of hydrogen-bond acceptors (Lipinski definition) is 4. The van der Waals surface area contributed by atoms with Crippen LogP contribution < -0.4 is 20.1 Å². The fourth-order valence-corrected chi connectivity index (χ4v) is 2.19. The number of halogens is 2. The number of benzene rings is 1. The fraction of sp³-hybridized carbons (Fsp3) is 0.368. The molecule has 0 spiro atoms. The number of aromatic nitrogens is 1. The van der Waals surface area contributed by atoms with Crippen LogP contribution in [-0.2, 0) is 6.54 Å². The van der Waals surface area contributed by atoms with Gasteiger partial charge in [-0.25, -0.2) is 14.4 Å². The molecule has 2 N–H and O–H groups in total. The van der Waals surface area contributed by atoms with Crippen molar-refractivity contribution in [3.05, 3.63) is 54.0 Å². The Morgan fingerprint density at radius 2 is 1.93 bits per heavy atom. The molecule has 6 nitrogen and oxygen atoms in total. The molecular weight excluding hydrogens is 462 g/mol. The number of hydrogen-bond donors (Lipinski definition) is 2. The Morgan fingerprint density at radius 1 is 1.19 bits per heavy atom. The lowest BCUT2D eigenvalue weighted by molar-refractivity contribution is 0.223. The van der Waals surface area contributed by atoms with E-state index in [-0.39, 0.29) is 35.9 Å². The topological polar surface area (TPSA) is 67.8 Å². The summed E-state index contributed by atoms with van der Waals surface area (Å²) in [6.45, 7) is 5.65. The minimum Gasteiger partial charge on any atom is -0.489 e. The predicted molar refractivity (Wildman–Crippen MR) is 116 cm³/mol. The van der Waals surface area contributed by atoms with Crippen LogP contribution >= 0.6 is 24.0 Å². The smallest absolute Gasteiger partial charge is 0.213 e. The first kappa shape index (κ1) is 22.9. The fourth-order valence-electron chi connectivity index (χ4n) is 2.19. The molecule has 0 saturated carbocycles. The van der Waals surface area contributed by atoms with E-state index in [0.29, 0.717) is 30.7 Å². The van der Waals surface area contributed by atoms with Gasteiger partial charge >= 0.3 is 0 Å². The number of guanidine groups is 1. The first-order chi connectivity index (χ1) is 12.6. The van der Waals surface area contributed by atoms with Crippen LogP contribution in [0.1, 0.15) is 19.5 Å². The quantitative estimate of drug-likeness (QED) is 0.339. The molecule has 2 aromatic rings. The second-order valence-corrected chi connectivity index (χ2v) is 5.63. The molecule has 0 aliphatic heterocycles. The van der Waals surface area contributed by atoms with Crippen molar-refractivity contribution >= 4 is 29.9 Å². The van der Waals surface area contributed by atoms with E-state index in [1.807, 2.05) is 26.0 Å². The zero-order valence-electron chi connectivity index (χ0n) is 15.7. The Bertz CT molecular complexity index is 713. The first-order valence-corrected chi connectivity index (χ1v) is 8.55. The molecule has 0 radical (unpaired) electrons. The average Bonchev–Trinajstić information content (AvgIpc) is 2.66. The molecule has 1 aromatic carbocycles. The molecule has 0 amide bonds. The molecule has 0 aliphatic carbocycles. The molecule has 1 unspecified atom stereocenters. The lowest BCUT2D eigenvalue weighted by atomic mass is 10.3. The third kappa shape index (κ3) is 8.42. The van der Waals surface area contributed by atoms with E-state index in [0.717, 1.165) is 12.2 Å². The summed E-state index contributed by atoms with van der Waals surface area (Å²) in [6, 6.07) is 11.6. The Morgan fingerprint density at radius 3 is 2.59 bits per heavy atom. The normalized spacial score (nSPS) is 11.9. The largest absolute Gasteiger partial charge is 0.489 e. The molecule has 1 atom stereocenters. The average molecular weight is 488 g/mol. The predicted octanol–water partition coefficient (Wildman–Crippen LogP) is 3.37. The van der Waals surface area contributed by atoms with Gasteiger partial charge in [0.15, 0.2) is 5.96 Å². The van der Waals surface area contributed by atoms with E-state index in [1.54, 1.807) is 25.3 Å². The highest BCUT2D eigenvalue weighted by Crippen LogP contribution is 2.12. The Labute approximate surface area is 176 Å². The highest BCUT2D eigenvalue weighted by Gasteiger charge is 2.06. The van der Waals surface area contributed by atoms with Gasteiger partial charge < -0.3 is 20.1 Å². The van der Waals surface area contributed by atoms with Gasteiger partial charge in [0.25, 0.3) is 0 Å². The second-order valence-electron chi connectivity index (χ2n) is 5.63. The van der Waals surface area contributed by atoms with E-state index in [2.05, 4.69) is 20.6 Å². The lowest BCUT2D eigenvalue weighted by Crippen LogP contribution is -2.41. The van der Waals surface area contributed by atoms with Gasteiger partial charge in [0, 0.05) is 12.6 Å². The van der Waals surface area contributed by atoms with E-state index in [9.17, 15) is 4.39 Å². The molecule has 0 saturated heterocycles. The van der Waals surface area contributed by atoms with Crippen LogP contribution in [0.15, 0.2) is 47.5 Å². The van der Waals surface area contributed by atoms with E-state index in [4.69, 9.17) is 9.47 Å². The molecule has 0 bridgehead atoms. The summed E-state index contributed by atoms with van der Waals surface area (Å²) in [5.41, 5.74) is 0.817. The van der Waals surface area contributed by atoms with Crippen LogP contribution in [0.3, 0.4) is 0 Å². The summed E-state index contributed by atoms with van der Waals surface area (Å²) < 4.78 is 23.8. The molecule has 27 heavy (non-hydrogen) atoms. The monoisotopic (exact) mass is 488 g/mol. The minimum absolute atomic E-state index is 0. The number of rotatable bonds is 8. The number of ether oxygens (including phenoxy) is 2. The van der Waals surface area contributed by atoms with Crippen molar-refractivity contribution in [1.82, 2.24) is 15.6 Å². The summed E-state index contributed by atoms with van der Waals surface area (Å²) in [7, 11) is 1.59. The molecular formula is C19H26FIN4O2. The van der Waals surface area contributed by atoms with Gasteiger partial charge in [-0.1, -0.05) is 6.07 Å². The van der Waals surface area contributed by atoms with Gasteiger partial charge in [-0.15, -0.1) is 24.0 Å². The van der Waals surface area contributed by atoms with Crippen molar-refractivity contribution in [2.24, 2.45) is 4.99 Å². The third-order valence-corrected chi connectivity index (χ3v) is 3.44. The zero-order chi connectivity index (χ0) is 18.8. The van der Waals surface area contributed by atoms with Gasteiger partial charge in [0.1, 0.15) is 17.7 Å². The van der Waals surface area contributed by atoms with Crippen molar-refractivity contribution in [2.75, 3.05) is 20.2 Å². The van der Waals surface area contributed by atoms with Crippen LogP contribution in [-0.4, -0.2) is 37.2 Å². The first-order valence-electron chi connectivity index (χ1n) is 8.55. The van der Waals surface area contributed by atoms with E-state index >= 15 is 0 Å². The number of aliphatic imine (C=N–C) groups is 1. The number of methoxy groups -OCH3 is 1. The van der Waals surface area contributed by atoms with Crippen LogP contribution in [0, 0.1) is 5.82 Å². The number of nitrogens with one attached hydrogen (secondary N) is 2. The van der Waals surface area contributed by atoms with Gasteiger partial charge in [-0.05, 0) is 44.2 Å². The van der Waals surface area contributed by atoms with Crippen molar-refractivity contribution in [1.29, 1.82) is 0 Å². The summed E-state index contributed by atoms with van der Waals surface area (Å²) in [4.78, 5) is 8.86.